The molecule has 0 aliphatic carbocycles. The van der Waals surface area contributed by atoms with Crippen LogP contribution >= 0.6 is 0 Å². The van der Waals surface area contributed by atoms with Gasteiger partial charge in [-0.25, -0.2) is 0 Å². The topological polar surface area (TPSA) is 23.6 Å². The molecule has 0 fully saturated rings. The predicted molar refractivity (Wildman–Crippen MR) is 344 cm³/mol. The number of ketones is 1. The number of carbonyl (C=O) groups is 1. The fourth-order valence-corrected chi connectivity index (χ4v) is 12.0. The number of rotatable bonds is 60. The zero-order valence-electron chi connectivity index (χ0n) is 52.0. The molecule has 0 aromatic heterocycles. The van der Waals surface area contributed by atoms with E-state index in [1.54, 1.807) is 0 Å². The number of benzene rings is 2. The van der Waals surface area contributed by atoms with Crippen molar-refractivity contribution in [2.75, 3.05) is 36.0 Å². The van der Waals surface area contributed by atoms with Crippen LogP contribution in [-0.2, 0) is 0 Å². The van der Waals surface area contributed by atoms with Crippen LogP contribution in [0.5, 0.6) is 0 Å². The highest BCUT2D eigenvalue weighted by molar-refractivity contribution is 6.14. The number of hydrogen-bond donors (Lipinski definition) is 0. The van der Waals surface area contributed by atoms with E-state index < -0.39 is 0 Å². The molecule has 0 radical (unpaired) electrons. The first-order chi connectivity index (χ1) is 37.7. The molecule has 440 valence electrons. The molecule has 2 aromatic rings. The Labute approximate surface area is 476 Å². The predicted octanol–water partition coefficient (Wildman–Crippen LogP) is 24.9. The van der Waals surface area contributed by atoms with E-state index >= 15 is 0 Å². The Morgan fingerprint density at radius 1 is 0.263 bits per heavy atom. The van der Waals surface area contributed by atoms with Gasteiger partial charge in [0.2, 0.25) is 0 Å². The van der Waals surface area contributed by atoms with E-state index in [0.29, 0.717) is 0 Å². The van der Waals surface area contributed by atoms with Crippen LogP contribution < -0.4 is 9.80 Å². The Bertz CT molecular complexity index is 1430. The van der Waals surface area contributed by atoms with Crippen molar-refractivity contribution in [3.05, 3.63) is 59.7 Å². The summed E-state index contributed by atoms with van der Waals surface area (Å²) in [5.74, 6) is 0.194. The Morgan fingerprint density at radius 2 is 0.500 bits per heavy atom. The fourth-order valence-electron chi connectivity index (χ4n) is 12.0. The van der Waals surface area contributed by atoms with Crippen molar-refractivity contribution in [3.63, 3.8) is 0 Å². The zero-order valence-corrected chi connectivity index (χ0v) is 52.0. The average Bonchev–Trinajstić information content (AvgIpc) is 3.44. The molecule has 0 aliphatic rings. The van der Waals surface area contributed by atoms with Crippen molar-refractivity contribution >= 4 is 17.2 Å². The third-order valence-electron chi connectivity index (χ3n) is 17.1. The molecule has 0 saturated carbocycles. The number of para-hydroxylation sites is 1. The van der Waals surface area contributed by atoms with Crippen molar-refractivity contribution in [2.24, 2.45) is 0 Å². The third kappa shape index (κ3) is 39.1. The van der Waals surface area contributed by atoms with Gasteiger partial charge in [-0.2, -0.15) is 0 Å². The van der Waals surface area contributed by atoms with Crippen molar-refractivity contribution in [1.29, 1.82) is 0 Å². The van der Waals surface area contributed by atoms with Gasteiger partial charge < -0.3 is 9.80 Å². The molecule has 0 atom stereocenters. The van der Waals surface area contributed by atoms with Gasteiger partial charge in [0.15, 0.2) is 5.78 Å². The van der Waals surface area contributed by atoms with Crippen LogP contribution in [-0.4, -0.2) is 32.0 Å². The summed E-state index contributed by atoms with van der Waals surface area (Å²) in [4.78, 5) is 20.4. The Morgan fingerprint density at radius 3 is 0.763 bits per heavy atom. The molecule has 0 aliphatic heterocycles. The molecule has 3 nitrogen and oxygen atoms in total. The lowest BCUT2D eigenvalue weighted by Gasteiger charge is -2.34. The van der Waals surface area contributed by atoms with Gasteiger partial charge in [-0.15, -0.1) is 0 Å². The molecule has 2 aromatic carbocycles. The summed E-state index contributed by atoms with van der Waals surface area (Å²) >= 11 is 0. The summed E-state index contributed by atoms with van der Waals surface area (Å²) in [7, 11) is 0. The van der Waals surface area contributed by atoms with Gasteiger partial charge in [-0.3, -0.25) is 4.79 Å². The van der Waals surface area contributed by atoms with Crippen molar-refractivity contribution < 1.29 is 4.79 Å². The Hall–Kier alpha value is -2.29. The molecule has 76 heavy (non-hydrogen) atoms. The number of hydrogen-bond acceptors (Lipinski definition) is 3. The van der Waals surface area contributed by atoms with E-state index in [0.717, 1.165) is 37.3 Å². The maximum absolute atomic E-state index is 14.9. The molecule has 0 unspecified atom stereocenters. The number of carbonyl (C=O) groups excluding carboxylic acids is 1. The summed E-state index contributed by atoms with van der Waals surface area (Å²) in [5, 5.41) is 0. The van der Waals surface area contributed by atoms with Gasteiger partial charge in [0.1, 0.15) is 0 Å². The quantitative estimate of drug-likeness (QED) is 0.0487. The Kier molecular flexibility index (Phi) is 50.2. The molecule has 0 spiro atoms. The highest BCUT2D eigenvalue weighted by Crippen LogP contribution is 2.37. The molecular formula is C73H132N2O. The highest BCUT2D eigenvalue weighted by Gasteiger charge is 2.24. The van der Waals surface area contributed by atoms with Crippen molar-refractivity contribution in [1.82, 2.24) is 0 Å². The van der Waals surface area contributed by atoms with Crippen LogP contribution in [0.15, 0.2) is 48.5 Å². The molecule has 0 bridgehead atoms. The van der Waals surface area contributed by atoms with E-state index in [9.17, 15) is 4.79 Å². The first kappa shape index (κ1) is 69.8. The summed E-state index contributed by atoms with van der Waals surface area (Å²) in [6, 6.07) is 17.1. The number of unbranched alkanes of at least 4 members (excludes halogenated alkanes) is 48. The van der Waals surface area contributed by atoms with Crippen LogP contribution in [0.4, 0.5) is 11.4 Å². The van der Waals surface area contributed by atoms with E-state index in [-0.39, 0.29) is 5.78 Å². The third-order valence-corrected chi connectivity index (χ3v) is 17.1. The van der Waals surface area contributed by atoms with Gasteiger partial charge in [0.05, 0.1) is 11.4 Å². The highest BCUT2D eigenvalue weighted by atomic mass is 16.1. The minimum absolute atomic E-state index is 0.194. The largest absolute Gasteiger partial charge is 0.370 e. The maximum Gasteiger partial charge on any atom is 0.195 e. The second-order valence-electron chi connectivity index (χ2n) is 24.3. The van der Waals surface area contributed by atoms with Gasteiger partial charge >= 0.3 is 0 Å². The summed E-state index contributed by atoms with van der Waals surface area (Å²) in [6.07, 6.45) is 71.8. The van der Waals surface area contributed by atoms with Crippen LogP contribution in [0.3, 0.4) is 0 Å². The lowest BCUT2D eigenvalue weighted by Crippen LogP contribution is -2.33. The summed E-state index contributed by atoms with van der Waals surface area (Å²) in [5.41, 5.74) is 4.33. The molecular weight excluding hydrogens is 921 g/mol. The summed E-state index contributed by atoms with van der Waals surface area (Å²) in [6.45, 7) is 13.6. The average molecular weight is 1050 g/mol. The second kappa shape index (κ2) is 54.7. The van der Waals surface area contributed by atoms with Crippen LogP contribution in [0.1, 0.15) is 377 Å². The first-order valence-electron chi connectivity index (χ1n) is 34.9. The van der Waals surface area contributed by atoms with Crippen LogP contribution in [0.2, 0.25) is 0 Å². The Balaban J connectivity index is 2.23. The molecule has 2 rings (SSSR count). The normalized spacial score (nSPS) is 11.5. The minimum atomic E-state index is 0.194. The molecule has 0 saturated heterocycles. The van der Waals surface area contributed by atoms with Gasteiger partial charge in [0, 0.05) is 37.3 Å². The number of nitrogens with zero attached hydrogens (tertiary/aromatic N) is 2. The standard InChI is InChI=1S/C73H132N2O/c1-5-9-13-17-21-25-29-33-37-41-45-49-56-65-74(66-57-50-46-42-38-34-30-26-22-18-14-10-6-2)71-64-60-63-70(73(76)69-61-54-53-55-62-69)72(71)75(67-58-51-47-43-39-35-31-27-23-19-15-11-7-3)68-59-52-48-44-40-36-32-28-24-20-16-12-8-4/h53-55,60-64H,5-52,56-59,65-68H2,1-4H3. The zero-order chi connectivity index (χ0) is 54.3. The smallest absolute Gasteiger partial charge is 0.195 e. The molecule has 3 heteroatoms. The first-order valence-corrected chi connectivity index (χ1v) is 34.9. The van der Waals surface area contributed by atoms with Gasteiger partial charge in [0.25, 0.3) is 0 Å². The fraction of sp³-hybridized carbons (Fsp3) is 0.822. The van der Waals surface area contributed by atoms with Crippen LogP contribution in [0, 0.1) is 0 Å². The van der Waals surface area contributed by atoms with Crippen molar-refractivity contribution in [3.8, 4) is 0 Å². The van der Waals surface area contributed by atoms with Crippen molar-refractivity contribution in [2.45, 2.75) is 362 Å². The molecule has 0 amide bonds. The number of anilines is 2. The van der Waals surface area contributed by atoms with Gasteiger partial charge in [-0.1, -0.05) is 372 Å². The monoisotopic (exact) mass is 1050 g/mol. The van der Waals surface area contributed by atoms with Crippen LogP contribution in [0.25, 0.3) is 0 Å². The van der Waals surface area contributed by atoms with E-state index in [1.165, 1.54) is 345 Å². The SMILES string of the molecule is CCCCCCCCCCCCCCCN(CCCCCCCCCCCCCCC)c1cccc(C(=O)c2ccccc2)c1N(CCCCCCCCCCCCCCC)CCCCCCCCCCCCCCC. The second-order valence-corrected chi connectivity index (χ2v) is 24.3. The van der Waals surface area contributed by atoms with E-state index in [1.807, 2.05) is 24.3 Å². The van der Waals surface area contributed by atoms with E-state index in [2.05, 4.69) is 61.8 Å². The molecule has 0 N–H and O–H groups in total. The lowest BCUT2D eigenvalue weighted by atomic mass is 9.98. The summed E-state index contributed by atoms with van der Waals surface area (Å²) < 4.78 is 0. The maximum atomic E-state index is 14.9. The van der Waals surface area contributed by atoms with Gasteiger partial charge in [-0.05, 0) is 37.8 Å². The molecule has 0 heterocycles. The lowest BCUT2D eigenvalue weighted by molar-refractivity contribution is 0.103. The minimum Gasteiger partial charge on any atom is -0.370 e. The van der Waals surface area contributed by atoms with E-state index in [4.69, 9.17) is 0 Å².